The van der Waals surface area contributed by atoms with Crippen LogP contribution in [0, 0.1) is 5.92 Å². The molecule has 72 valence electrons. The van der Waals surface area contributed by atoms with Crippen LogP contribution in [0.25, 0.3) is 0 Å². The smallest absolute Gasteiger partial charge is 0.274 e. The van der Waals surface area contributed by atoms with Gasteiger partial charge in [0.05, 0.1) is 6.61 Å². The zero-order chi connectivity index (χ0) is 9.10. The van der Waals surface area contributed by atoms with E-state index < -0.39 is 0 Å². The van der Waals surface area contributed by atoms with Crippen LogP contribution in [-0.2, 0) is 0 Å². The van der Waals surface area contributed by atoms with Crippen molar-refractivity contribution in [3.63, 3.8) is 0 Å². The number of halogens is 1. The molecule has 1 aromatic heterocycles. The van der Waals surface area contributed by atoms with Crippen LogP contribution in [0.15, 0.2) is 9.98 Å². The van der Waals surface area contributed by atoms with Gasteiger partial charge in [-0.3, -0.25) is 0 Å². The quantitative estimate of drug-likeness (QED) is 0.828. The lowest BCUT2D eigenvalue weighted by Crippen LogP contribution is -2.14. The number of hydrogen-bond acceptors (Lipinski definition) is 3. The summed E-state index contributed by atoms with van der Waals surface area (Å²) in [4.78, 5) is 4.16. The second-order valence-corrected chi connectivity index (χ2v) is 5.00. The number of hydrogen-bond donors (Lipinski definition) is 0. The normalized spacial score (nSPS) is 17.0. The molecular formula is C9H12BrNOS. The Morgan fingerprint density at radius 2 is 2.46 bits per heavy atom. The monoisotopic (exact) mass is 261 g/mol. The predicted molar refractivity (Wildman–Crippen MR) is 57.3 cm³/mol. The van der Waals surface area contributed by atoms with E-state index in [0.717, 1.165) is 22.3 Å². The number of thiazole rings is 1. The molecular weight excluding hydrogens is 250 g/mol. The zero-order valence-corrected chi connectivity index (χ0v) is 9.73. The molecule has 1 aliphatic carbocycles. The van der Waals surface area contributed by atoms with Gasteiger partial charge >= 0.3 is 0 Å². The lowest BCUT2D eigenvalue weighted by atomic mass is 9.83. The lowest BCUT2D eigenvalue weighted by molar-refractivity contribution is 0.221. The molecule has 1 aliphatic rings. The fourth-order valence-corrected chi connectivity index (χ4v) is 2.51. The van der Waals surface area contributed by atoms with E-state index in [4.69, 9.17) is 4.74 Å². The van der Waals surface area contributed by atoms with Crippen molar-refractivity contribution in [2.24, 2.45) is 5.92 Å². The average molecular weight is 262 g/mol. The molecule has 0 aromatic carbocycles. The third-order valence-electron chi connectivity index (χ3n) is 2.43. The van der Waals surface area contributed by atoms with Gasteiger partial charge < -0.3 is 4.74 Å². The van der Waals surface area contributed by atoms with E-state index in [-0.39, 0.29) is 0 Å². The first-order valence-corrected chi connectivity index (χ1v) is 6.25. The van der Waals surface area contributed by atoms with E-state index >= 15 is 0 Å². The van der Waals surface area contributed by atoms with E-state index in [1.165, 1.54) is 25.7 Å². The highest BCUT2D eigenvalue weighted by atomic mass is 79.9. The zero-order valence-electron chi connectivity index (χ0n) is 7.33. The predicted octanol–water partition coefficient (Wildman–Crippen LogP) is 3.47. The summed E-state index contributed by atoms with van der Waals surface area (Å²) in [6.07, 6.45) is 5.39. The molecule has 0 unspecified atom stereocenters. The van der Waals surface area contributed by atoms with Crippen molar-refractivity contribution in [2.75, 3.05) is 6.61 Å². The Morgan fingerprint density at radius 1 is 1.62 bits per heavy atom. The van der Waals surface area contributed by atoms with Gasteiger partial charge in [0.25, 0.3) is 5.19 Å². The molecule has 0 atom stereocenters. The van der Waals surface area contributed by atoms with Gasteiger partial charge in [-0.05, 0) is 28.3 Å². The molecule has 0 amide bonds. The number of aromatic nitrogens is 1. The van der Waals surface area contributed by atoms with Crippen LogP contribution in [0.4, 0.5) is 0 Å². The van der Waals surface area contributed by atoms with Crippen molar-refractivity contribution in [1.82, 2.24) is 4.98 Å². The highest BCUT2D eigenvalue weighted by Gasteiger charge is 2.16. The first-order chi connectivity index (χ1) is 6.34. The van der Waals surface area contributed by atoms with Gasteiger partial charge in [-0.2, -0.15) is 4.98 Å². The Morgan fingerprint density at radius 3 is 3.00 bits per heavy atom. The van der Waals surface area contributed by atoms with Gasteiger partial charge in [-0.15, -0.1) is 0 Å². The van der Waals surface area contributed by atoms with Gasteiger partial charge in [0, 0.05) is 5.38 Å². The van der Waals surface area contributed by atoms with E-state index in [2.05, 4.69) is 20.9 Å². The van der Waals surface area contributed by atoms with Gasteiger partial charge in [0.15, 0.2) is 0 Å². The van der Waals surface area contributed by atoms with Crippen molar-refractivity contribution in [3.05, 3.63) is 9.98 Å². The highest BCUT2D eigenvalue weighted by Crippen LogP contribution is 2.29. The van der Waals surface area contributed by atoms with Crippen LogP contribution in [-0.4, -0.2) is 11.6 Å². The molecule has 0 radical (unpaired) electrons. The summed E-state index contributed by atoms with van der Waals surface area (Å²) < 4.78 is 6.38. The summed E-state index contributed by atoms with van der Waals surface area (Å²) in [6.45, 7) is 0.824. The molecule has 2 rings (SSSR count). The third-order valence-corrected chi connectivity index (χ3v) is 3.89. The summed E-state index contributed by atoms with van der Waals surface area (Å²) in [5.74, 6) is 0.920. The van der Waals surface area contributed by atoms with E-state index in [0.29, 0.717) is 0 Å². The summed E-state index contributed by atoms with van der Waals surface area (Å²) >= 11 is 4.84. The van der Waals surface area contributed by atoms with Crippen LogP contribution < -0.4 is 4.74 Å². The maximum atomic E-state index is 5.51. The Bertz CT molecular complexity index is 272. The minimum absolute atomic E-state index is 0.784. The lowest BCUT2D eigenvalue weighted by Gasteiger charge is -2.24. The van der Waals surface area contributed by atoms with Crippen LogP contribution in [0.5, 0.6) is 5.19 Å². The maximum Gasteiger partial charge on any atom is 0.274 e. The minimum Gasteiger partial charge on any atom is -0.470 e. The average Bonchev–Trinajstić information content (AvgIpc) is 2.42. The Hall–Kier alpha value is -0.0900. The Kier molecular flexibility index (Phi) is 3.22. The minimum atomic E-state index is 0.784. The first-order valence-electron chi connectivity index (χ1n) is 4.58. The molecule has 2 nitrogen and oxygen atoms in total. The second-order valence-electron chi connectivity index (χ2n) is 3.37. The molecule has 0 bridgehead atoms. The number of nitrogens with zero attached hydrogens (tertiary/aromatic N) is 1. The molecule has 1 heterocycles. The van der Waals surface area contributed by atoms with E-state index in [9.17, 15) is 0 Å². The molecule has 1 saturated carbocycles. The first kappa shape index (κ1) is 9.46. The molecule has 0 N–H and O–H groups in total. The number of ether oxygens (including phenoxy) is 1. The topological polar surface area (TPSA) is 22.1 Å². The van der Waals surface area contributed by atoms with Crippen molar-refractivity contribution in [1.29, 1.82) is 0 Å². The van der Waals surface area contributed by atoms with Gasteiger partial charge in [-0.25, -0.2) is 0 Å². The largest absolute Gasteiger partial charge is 0.470 e. The van der Waals surface area contributed by atoms with Gasteiger partial charge in [-0.1, -0.05) is 30.6 Å². The number of rotatable bonds is 4. The van der Waals surface area contributed by atoms with Crippen LogP contribution >= 0.6 is 27.3 Å². The van der Waals surface area contributed by atoms with E-state index in [1.807, 2.05) is 5.38 Å². The van der Waals surface area contributed by atoms with Crippen molar-refractivity contribution in [2.45, 2.75) is 25.7 Å². The molecule has 4 heteroatoms. The Labute approximate surface area is 90.5 Å². The van der Waals surface area contributed by atoms with Gasteiger partial charge in [0.1, 0.15) is 4.60 Å². The van der Waals surface area contributed by atoms with Crippen molar-refractivity contribution < 1.29 is 4.74 Å². The molecule has 13 heavy (non-hydrogen) atoms. The summed E-state index contributed by atoms with van der Waals surface area (Å²) in [5, 5.41) is 2.73. The fourth-order valence-electron chi connectivity index (χ4n) is 1.40. The van der Waals surface area contributed by atoms with Crippen LogP contribution in [0.3, 0.4) is 0 Å². The van der Waals surface area contributed by atoms with Crippen molar-refractivity contribution >= 4 is 27.3 Å². The molecule has 0 aliphatic heterocycles. The molecule has 1 aromatic rings. The summed E-state index contributed by atoms with van der Waals surface area (Å²) in [6, 6.07) is 0. The summed E-state index contributed by atoms with van der Waals surface area (Å²) in [7, 11) is 0. The van der Waals surface area contributed by atoms with Crippen LogP contribution in [0.1, 0.15) is 25.7 Å². The third kappa shape index (κ3) is 2.68. The SMILES string of the molecule is Brc1csc(OCCC2CCC2)n1. The van der Waals surface area contributed by atoms with Crippen molar-refractivity contribution in [3.8, 4) is 5.19 Å². The maximum absolute atomic E-state index is 5.51. The summed E-state index contributed by atoms with van der Waals surface area (Å²) in [5.41, 5.74) is 0. The fraction of sp³-hybridized carbons (Fsp3) is 0.667. The van der Waals surface area contributed by atoms with Gasteiger partial charge in [0.2, 0.25) is 0 Å². The molecule has 0 spiro atoms. The molecule has 1 fully saturated rings. The second kappa shape index (κ2) is 4.42. The van der Waals surface area contributed by atoms with E-state index in [1.54, 1.807) is 11.3 Å². The highest BCUT2D eigenvalue weighted by molar-refractivity contribution is 9.10. The molecule has 0 saturated heterocycles. The van der Waals surface area contributed by atoms with Crippen LogP contribution in [0.2, 0.25) is 0 Å². The Balaban J connectivity index is 1.67. The standard InChI is InChI=1S/C9H12BrNOS/c10-8-6-13-9(11-8)12-5-4-7-2-1-3-7/h6-7H,1-5H2.